The molecule has 0 unspecified atom stereocenters. The maximum atomic E-state index is 5.88. The predicted octanol–water partition coefficient (Wildman–Crippen LogP) is 2.06. The average molecular weight is 296 g/mol. The number of anilines is 2. The zero-order valence-electron chi connectivity index (χ0n) is 9.43. The smallest absolute Gasteiger partial charge is 0.211 e. The van der Waals surface area contributed by atoms with E-state index >= 15 is 0 Å². The van der Waals surface area contributed by atoms with Crippen LogP contribution in [0.15, 0.2) is 17.0 Å². The summed E-state index contributed by atoms with van der Waals surface area (Å²) in [6, 6.07) is 0. The molecule has 0 aromatic carbocycles. The van der Waals surface area contributed by atoms with E-state index in [2.05, 4.69) is 30.8 Å². The number of halogens is 1. The van der Waals surface area contributed by atoms with Gasteiger partial charge >= 0.3 is 0 Å². The summed E-state index contributed by atoms with van der Waals surface area (Å²) in [5.74, 6) is 1.47. The van der Waals surface area contributed by atoms with Crippen molar-refractivity contribution in [2.45, 2.75) is 19.3 Å². The Kier molecular flexibility index (Phi) is 2.66. The third-order valence-electron chi connectivity index (χ3n) is 3.16. The van der Waals surface area contributed by atoms with E-state index in [9.17, 15) is 0 Å². The molecule has 0 bridgehead atoms. The first-order valence-electron chi connectivity index (χ1n) is 5.80. The van der Waals surface area contributed by atoms with Crippen LogP contribution in [-0.2, 0) is 0 Å². The van der Waals surface area contributed by atoms with Crippen LogP contribution in [0.5, 0.6) is 0 Å². The van der Waals surface area contributed by atoms with Gasteiger partial charge in [-0.25, -0.2) is 9.97 Å². The highest BCUT2D eigenvalue weighted by molar-refractivity contribution is 9.10. The molecule has 1 aliphatic rings. The molecule has 3 heterocycles. The Hall–Kier alpha value is -1.30. The van der Waals surface area contributed by atoms with Gasteiger partial charge in [0, 0.05) is 25.5 Å². The van der Waals surface area contributed by atoms with Gasteiger partial charge in [-0.1, -0.05) is 0 Å². The monoisotopic (exact) mass is 295 g/mol. The van der Waals surface area contributed by atoms with Gasteiger partial charge in [-0.15, -0.1) is 0 Å². The number of nitrogen functional groups attached to an aromatic ring is 1. The van der Waals surface area contributed by atoms with E-state index in [-0.39, 0.29) is 0 Å². The molecular formula is C11H14BrN5. The van der Waals surface area contributed by atoms with Crippen LogP contribution in [0.1, 0.15) is 19.3 Å². The zero-order chi connectivity index (χ0) is 11.8. The van der Waals surface area contributed by atoms with Gasteiger partial charge in [-0.05, 0) is 35.2 Å². The van der Waals surface area contributed by atoms with E-state index in [1.807, 2.05) is 10.6 Å². The van der Waals surface area contributed by atoms with Gasteiger partial charge in [0.05, 0.1) is 0 Å². The summed E-state index contributed by atoms with van der Waals surface area (Å²) >= 11 is 3.46. The molecule has 2 aromatic rings. The molecule has 0 radical (unpaired) electrons. The first-order chi connectivity index (χ1) is 8.27. The van der Waals surface area contributed by atoms with Crippen LogP contribution in [0.25, 0.3) is 5.52 Å². The molecule has 2 aromatic heterocycles. The van der Waals surface area contributed by atoms with Crippen LogP contribution in [0.3, 0.4) is 0 Å². The largest absolute Gasteiger partial charge is 0.382 e. The number of hydrogen-bond acceptors (Lipinski definition) is 4. The maximum absolute atomic E-state index is 5.88. The molecule has 0 spiro atoms. The second kappa shape index (κ2) is 4.18. The van der Waals surface area contributed by atoms with Crippen molar-refractivity contribution in [1.82, 2.24) is 14.4 Å². The third-order valence-corrected chi connectivity index (χ3v) is 3.71. The molecule has 3 rings (SSSR count). The number of fused-ring (bicyclic) bond motifs is 1. The highest BCUT2D eigenvalue weighted by atomic mass is 79.9. The molecule has 0 atom stereocenters. The standard InChI is InChI=1S/C11H14BrN5/c12-9-8-10(13)14-4-7-17(8)11(15-9)16-5-2-1-3-6-16/h4,7H,1-3,5-6H2,(H2,13,14). The maximum Gasteiger partial charge on any atom is 0.211 e. The molecule has 0 saturated carbocycles. The Bertz CT molecular complexity index is 544. The van der Waals surface area contributed by atoms with E-state index in [4.69, 9.17) is 5.73 Å². The minimum absolute atomic E-state index is 0.509. The summed E-state index contributed by atoms with van der Waals surface area (Å²) < 4.78 is 2.78. The van der Waals surface area contributed by atoms with E-state index < -0.39 is 0 Å². The van der Waals surface area contributed by atoms with Gasteiger partial charge in [0.1, 0.15) is 10.1 Å². The molecule has 6 heteroatoms. The molecular weight excluding hydrogens is 282 g/mol. The van der Waals surface area contributed by atoms with Crippen LogP contribution < -0.4 is 10.6 Å². The lowest BCUT2D eigenvalue weighted by atomic mass is 10.1. The lowest BCUT2D eigenvalue weighted by molar-refractivity contribution is 0.567. The van der Waals surface area contributed by atoms with Crippen molar-refractivity contribution >= 4 is 33.2 Å². The number of nitrogens with two attached hydrogens (primary N) is 1. The Morgan fingerprint density at radius 3 is 2.76 bits per heavy atom. The normalized spacial score (nSPS) is 16.6. The number of piperidine rings is 1. The number of hydrogen-bond donors (Lipinski definition) is 1. The van der Waals surface area contributed by atoms with E-state index in [0.717, 1.165) is 29.2 Å². The van der Waals surface area contributed by atoms with Gasteiger partial charge in [-0.3, -0.25) is 4.40 Å². The molecule has 0 amide bonds. The summed E-state index contributed by atoms with van der Waals surface area (Å²) in [6.07, 6.45) is 7.39. The van der Waals surface area contributed by atoms with Crippen LogP contribution in [0.2, 0.25) is 0 Å². The van der Waals surface area contributed by atoms with Gasteiger partial charge in [0.2, 0.25) is 5.95 Å². The topological polar surface area (TPSA) is 59.4 Å². The summed E-state index contributed by atoms with van der Waals surface area (Å²) in [6.45, 7) is 2.13. The molecule has 2 N–H and O–H groups in total. The predicted molar refractivity (Wildman–Crippen MR) is 71.2 cm³/mol. The van der Waals surface area contributed by atoms with Gasteiger partial charge in [0.15, 0.2) is 5.82 Å². The summed E-state index contributed by atoms with van der Waals surface area (Å²) in [5, 5.41) is 0. The van der Waals surface area contributed by atoms with E-state index in [1.165, 1.54) is 19.3 Å². The second-order valence-electron chi connectivity index (χ2n) is 4.28. The molecule has 5 nitrogen and oxygen atoms in total. The Labute approximate surface area is 108 Å². The minimum atomic E-state index is 0.509. The summed E-state index contributed by atoms with van der Waals surface area (Å²) in [5.41, 5.74) is 6.73. The Balaban J connectivity index is 2.13. The van der Waals surface area contributed by atoms with Gasteiger partial charge in [-0.2, -0.15) is 0 Å². The fourth-order valence-electron chi connectivity index (χ4n) is 2.32. The van der Waals surface area contributed by atoms with Crippen molar-refractivity contribution in [3.8, 4) is 0 Å². The van der Waals surface area contributed by atoms with Crippen LogP contribution in [0.4, 0.5) is 11.8 Å². The Morgan fingerprint density at radius 1 is 1.24 bits per heavy atom. The average Bonchev–Trinajstić information content (AvgIpc) is 2.69. The fraction of sp³-hybridized carbons (Fsp3) is 0.455. The molecule has 0 aliphatic carbocycles. The highest BCUT2D eigenvalue weighted by Crippen LogP contribution is 2.28. The number of nitrogens with zero attached hydrogens (tertiary/aromatic N) is 4. The van der Waals surface area contributed by atoms with Crippen LogP contribution in [0, 0.1) is 0 Å². The van der Waals surface area contributed by atoms with Gasteiger partial charge in [0.25, 0.3) is 0 Å². The highest BCUT2D eigenvalue weighted by Gasteiger charge is 2.19. The molecule has 17 heavy (non-hydrogen) atoms. The fourth-order valence-corrected chi connectivity index (χ4v) is 2.88. The molecule has 1 aliphatic heterocycles. The molecule has 90 valence electrons. The third kappa shape index (κ3) is 1.76. The van der Waals surface area contributed by atoms with E-state index in [0.29, 0.717) is 5.82 Å². The SMILES string of the molecule is Nc1nccn2c(N3CCCCC3)nc(Br)c12. The second-order valence-corrected chi connectivity index (χ2v) is 5.03. The van der Waals surface area contributed by atoms with Crippen molar-refractivity contribution in [2.24, 2.45) is 0 Å². The quantitative estimate of drug-likeness (QED) is 0.875. The number of imidazole rings is 1. The van der Waals surface area contributed by atoms with Gasteiger partial charge < -0.3 is 10.6 Å². The van der Waals surface area contributed by atoms with Crippen molar-refractivity contribution in [1.29, 1.82) is 0 Å². The lowest BCUT2D eigenvalue weighted by Crippen LogP contribution is -2.31. The van der Waals surface area contributed by atoms with Crippen molar-refractivity contribution in [2.75, 3.05) is 23.7 Å². The first-order valence-corrected chi connectivity index (χ1v) is 6.59. The molecule has 1 fully saturated rings. The summed E-state index contributed by atoms with van der Waals surface area (Å²) in [4.78, 5) is 11.0. The van der Waals surface area contributed by atoms with Crippen molar-refractivity contribution < 1.29 is 0 Å². The van der Waals surface area contributed by atoms with E-state index in [1.54, 1.807) is 6.20 Å². The summed E-state index contributed by atoms with van der Waals surface area (Å²) in [7, 11) is 0. The minimum Gasteiger partial charge on any atom is -0.382 e. The number of aromatic nitrogens is 3. The van der Waals surface area contributed by atoms with Crippen molar-refractivity contribution in [3.05, 3.63) is 17.0 Å². The van der Waals surface area contributed by atoms with Crippen LogP contribution in [-0.4, -0.2) is 27.5 Å². The molecule has 1 saturated heterocycles. The number of rotatable bonds is 1. The zero-order valence-corrected chi connectivity index (χ0v) is 11.0. The van der Waals surface area contributed by atoms with Crippen molar-refractivity contribution in [3.63, 3.8) is 0 Å². The lowest BCUT2D eigenvalue weighted by Gasteiger charge is -2.26. The Morgan fingerprint density at radius 2 is 2.00 bits per heavy atom. The van der Waals surface area contributed by atoms with Crippen LogP contribution >= 0.6 is 15.9 Å². The first kappa shape index (κ1) is 10.8.